The summed E-state index contributed by atoms with van der Waals surface area (Å²) >= 11 is 0. The maximum absolute atomic E-state index is 3.64. The van der Waals surface area contributed by atoms with Crippen molar-refractivity contribution in [3.63, 3.8) is 0 Å². The minimum atomic E-state index is 0.998. The van der Waals surface area contributed by atoms with Crippen LogP contribution in [0.25, 0.3) is 21.5 Å². The van der Waals surface area contributed by atoms with Gasteiger partial charge in [0.15, 0.2) is 0 Å². The highest BCUT2D eigenvalue weighted by molar-refractivity contribution is 6.05. The van der Waals surface area contributed by atoms with Crippen LogP contribution in [-0.4, -0.2) is 0 Å². The first kappa shape index (κ1) is 24.5. The summed E-state index contributed by atoms with van der Waals surface area (Å²) in [6, 6.07) is 57.5. The van der Waals surface area contributed by atoms with Crippen LogP contribution in [0.4, 0.5) is 39.8 Å². The molecule has 0 spiro atoms. The molecule has 196 valence electrons. The van der Waals surface area contributed by atoms with E-state index in [1.807, 2.05) is 36.4 Å². The van der Waals surface area contributed by atoms with Crippen molar-refractivity contribution in [1.82, 2.24) is 0 Å². The number of hydrogen-bond donors (Lipinski definition) is 2. The van der Waals surface area contributed by atoms with Crippen LogP contribution in [0.5, 0.6) is 0 Å². The lowest BCUT2D eigenvalue weighted by Gasteiger charge is -2.29. The number of para-hydroxylation sites is 2. The quantitative estimate of drug-likeness (QED) is 0.216. The van der Waals surface area contributed by atoms with Crippen LogP contribution in [0.3, 0.4) is 0 Å². The summed E-state index contributed by atoms with van der Waals surface area (Å²) in [7, 11) is 0. The van der Waals surface area contributed by atoms with Gasteiger partial charge in [-0.15, -0.1) is 0 Å². The monoisotopic (exact) mass is 527 g/mol. The number of fused-ring (bicyclic) bond motifs is 2. The molecule has 0 aliphatic carbocycles. The zero-order valence-corrected chi connectivity index (χ0v) is 22.5. The molecule has 0 aliphatic heterocycles. The molecule has 0 atom stereocenters. The molecule has 0 fully saturated rings. The molecule has 7 aromatic rings. The van der Waals surface area contributed by atoms with Gasteiger partial charge in [-0.1, -0.05) is 109 Å². The Bertz CT molecular complexity index is 1800. The number of benzene rings is 7. The summed E-state index contributed by atoms with van der Waals surface area (Å²) in [6.45, 7) is 0. The Labute approximate surface area is 240 Å². The van der Waals surface area contributed by atoms with Gasteiger partial charge in [-0.25, -0.2) is 0 Å². The molecule has 0 saturated carbocycles. The summed E-state index contributed by atoms with van der Waals surface area (Å²) in [6.07, 6.45) is 0. The van der Waals surface area contributed by atoms with Crippen LogP contribution < -0.4 is 15.5 Å². The molecule has 41 heavy (non-hydrogen) atoms. The number of hydrogen-bond acceptors (Lipinski definition) is 3. The first-order valence-electron chi connectivity index (χ1n) is 13.9. The highest BCUT2D eigenvalue weighted by Gasteiger charge is 2.19. The van der Waals surface area contributed by atoms with Crippen molar-refractivity contribution in [2.45, 2.75) is 0 Å². The Morgan fingerprint density at radius 2 is 0.756 bits per heavy atom. The maximum Gasteiger partial charge on any atom is 0.0540 e. The van der Waals surface area contributed by atoms with Crippen LogP contribution in [-0.2, 0) is 0 Å². The van der Waals surface area contributed by atoms with Crippen LogP contribution in [0.15, 0.2) is 164 Å². The molecule has 3 heteroatoms. The van der Waals surface area contributed by atoms with Gasteiger partial charge in [0.2, 0.25) is 0 Å². The third-order valence-corrected chi connectivity index (χ3v) is 7.32. The normalized spacial score (nSPS) is 10.9. The van der Waals surface area contributed by atoms with Gasteiger partial charge < -0.3 is 15.5 Å². The zero-order chi connectivity index (χ0) is 27.4. The van der Waals surface area contributed by atoms with E-state index >= 15 is 0 Å². The number of anilines is 7. The summed E-state index contributed by atoms with van der Waals surface area (Å²) < 4.78 is 0. The Hall–Kier alpha value is -5.54. The molecule has 0 amide bonds. The van der Waals surface area contributed by atoms with Crippen molar-refractivity contribution in [2.75, 3.05) is 15.5 Å². The topological polar surface area (TPSA) is 27.3 Å². The Kier molecular flexibility index (Phi) is 6.52. The third kappa shape index (κ3) is 5.09. The van der Waals surface area contributed by atoms with E-state index in [4.69, 9.17) is 0 Å². The number of nitrogens with one attached hydrogen (secondary N) is 2. The molecule has 0 bridgehead atoms. The SMILES string of the molecule is c1ccc(Nc2cc(Nc3ccccc3)cc(N(c3cccc4ccccc34)c3cccc4ccccc34)c2)cc1. The second kappa shape index (κ2) is 10.9. The fraction of sp³-hybridized carbons (Fsp3) is 0. The first-order chi connectivity index (χ1) is 20.3. The lowest BCUT2D eigenvalue weighted by atomic mass is 10.0. The summed E-state index contributed by atoms with van der Waals surface area (Å²) in [5.74, 6) is 0. The van der Waals surface area contributed by atoms with E-state index in [-0.39, 0.29) is 0 Å². The molecule has 0 aliphatic rings. The minimum Gasteiger partial charge on any atom is -0.355 e. The average molecular weight is 528 g/mol. The van der Waals surface area contributed by atoms with Crippen molar-refractivity contribution in [2.24, 2.45) is 0 Å². The predicted molar refractivity (Wildman–Crippen MR) is 176 cm³/mol. The van der Waals surface area contributed by atoms with Crippen molar-refractivity contribution >= 4 is 61.4 Å². The van der Waals surface area contributed by atoms with Gasteiger partial charge in [-0.3, -0.25) is 0 Å². The second-order valence-electron chi connectivity index (χ2n) is 10.1. The molecule has 0 aromatic heterocycles. The molecular formula is C38H29N3. The molecule has 0 saturated heterocycles. The van der Waals surface area contributed by atoms with Crippen LogP contribution in [0.2, 0.25) is 0 Å². The summed E-state index contributed by atoms with van der Waals surface area (Å²) in [4.78, 5) is 2.39. The van der Waals surface area contributed by atoms with E-state index in [9.17, 15) is 0 Å². The third-order valence-electron chi connectivity index (χ3n) is 7.32. The van der Waals surface area contributed by atoms with E-state index in [0.29, 0.717) is 0 Å². The van der Waals surface area contributed by atoms with Gasteiger partial charge in [0.1, 0.15) is 0 Å². The molecule has 3 nitrogen and oxygen atoms in total. The molecule has 0 heterocycles. The molecule has 7 rings (SSSR count). The lowest BCUT2D eigenvalue weighted by Crippen LogP contribution is -2.12. The van der Waals surface area contributed by atoms with Crippen LogP contribution in [0.1, 0.15) is 0 Å². The van der Waals surface area contributed by atoms with Gasteiger partial charge in [0.05, 0.1) is 17.1 Å². The Balaban J connectivity index is 1.47. The van der Waals surface area contributed by atoms with Gasteiger partial charge in [0.25, 0.3) is 0 Å². The number of nitrogens with zero attached hydrogens (tertiary/aromatic N) is 1. The first-order valence-corrected chi connectivity index (χ1v) is 13.9. The van der Waals surface area contributed by atoms with Crippen LogP contribution >= 0.6 is 0 Å². The maximum atomic E-state index is 3.64. The van der Waals surface area contributed by atoms with Crippen molar-refractivity contribution < 1.29 is 0 Å². The highest BCUT2D eigenvalue weighted by atomic mass is 15.1. The van der Waals surface area contributed by atoms with Crippen molar-refractivity contribution in [3.8, 4) is 0 Å². The molecule has 0 radical (unpaired) electrons. The molecule has 0 unspecified atom stereocenters. The van der Waals surface area contributed by atoms with Gasteiger partial charge in [-0.2, -0.15) is 0 Å². The largest absolute Gasteiger partial charge is 0.355 e. The fourth-order valence-corrected chi connectivity index (χ4v) is 5.48. The van der Waals surface area contributed by atoms with E-state index in [1.54, 1.807) is 0 Å². The van der Waals surface area contributed by atoms with E-state index in [2.05, 4.69) is 143 Å². The van der Waals surface area contributed by atoms with Gasteiger partial charge in [-0.05, 0) is 65.4 Å². The Morgan fingerprint density at radius 3 is 1.24 bits per heavy atom. The van der Waals surface area contributed by atoms with E-state index in [0.717, 1.165) is 39.8 Å². The van der Waals surface area contributed by atoms with Gasteiger partial charge >= 0.3 is 0 Å². The molecule has 7 aromatic carbocycles. The lowest BCUT2D eigenvalue weighted by molar-refractivity contribution is 1.31. The minimum absolute atomic E-state index is 0.998. The highest BCUT2D eigenvalue weighted by Crippen LogP contribution is 2.44. The zero-order valence-electron chi connectivity index (χ0n) is 22.5. The van der Waals surface area contributed by atoms with E-state index < -0.39 is 0 Å². The average Bonchev–Trinajstić information content (AvgIpc) is 3.02. The van der Waals surface area contributed by atoms with Crippen molar-refractivity contribution in [3.05, 3.63) is 164 Å². The van der Waals surface area contributed by atoms with Crippen LogP contribution in [0, 0.1) is 0 Å². The summed E-state index contributed by atoms with van der Waals surface area (Å²) in [5.41, 5.74) is 7.38. The standard InChI is InChI=1S/C38H29N3/c1-3-17-30(18-4-1)39-32-25-33(40-31-19-5-2-6-20-31)27-34(26-32)41(37-23-11-15-28-13-7-9-21-35(28)37)38-24-12-16-29-14-8-10-22-36(29)38/h1-27,39-40H. The Morgan fingerprint density at radius 1 is 0.341 bits per heavy atom. The second-order valence-corrected chi connectivity index (χ2v) is 10.1. The summed E-state index contributed by atoms with van der Waals surface area (Å²) in [5, 5.41) is 12.1. The molecule has 2 N–H and O–H groups in total. The fourth-order valence-electron chi connectivity index (χ4n) is 5.48. The predicted octanol–water partition coefficient (Wildman–Crippen LogP) is 10.9. The molecular weight excluding hydrogens is 498 g/mol. The van der Waals surface area contributed by atoms with Crippen molar-refractivity contribution in [1.29, 1.82) is 0 Å². The van der Waals surface area contributed by atoms with E-state index in [1.165, 1.54) is 21.5 Å². The number of rotatable bonds is 7. The smallest absolute Gasteiger partial charge is 0.0540 e. The van der Waals surface area contributed by atoms with Gasteiger partial charge in [0, 0.05) is 33.5 Å².